The fourth-order valence-electron chi connectivity index (χ4n) is 2.54. The van der Waals surface area contributed by atoms with Crippen molar-refractivity contribution in [2.45, 2.75) is 12.2 Å². The highest BCUT2D eigenvalue weighted by Gasteiger charge is 2.44. The summed E-state index contributed by atoms with van der Waals surface area (Å²) >= 11 is 0. The Bertz CT molecular complexity index is 765. The van der Waals surface area contributed by atoms with E-state index in [1.54, 1.807) is 7.11 Å². The number of hydrogen-bond acceptors (Lipinski definition) is 4. The molecule has 1 aliphatic rings. The highest BCUT2D eigenvalue weighted by Crippen LogP contribution is 2.51. The Morgan fingerprint density at radius 3 is 2.45 bits per heavy atom. The summed E-state index contributed by atoms with van der Waals surface area (Å²) in [6.45, 7) is 0. The minimum Gasteiger partial charge on any atom is -0.497 e. The van der Waals surface area contributed by atoms with Gasteiger partial charge in [0.05, 0.1) is 7.11 Å². The van der Waals surface area contributed by atoms with Gasteiger partial charge >= 0.3 is 0 Å². The van der Waals surface area contributed by atoms with Crippen LogP contribution in [0.2, 0.25) is 0 Å². The second kappa shape index (κ2) is 5.31. The first kappa shape index (κ1) is 13.1. The van der Waals surface area contributed by atoms with Crippen LogP contribution in [0.25, 0.3) is 11.3 Å². The fourth-order valence-corrected chi connectivity index (χ4v) is 2.54. The molecule has 0 aliphatic carbocycles. The molecule has 0 spiro atoms. The van der Waals surface area contributed by atoms with E-state index in [2.05, 4.69) is 5.16 Å². The third-order valence-corrected chi connectivity index (χ3v) is 3.81. The Labute approximate surface area is 128 Å². The Balaban J connectivity index is 1.51. The zero-order valence-electron chi connectivity index (χ0n) is 12.1. The van der Waals surface area contributed by atoms with Gasteiger partial charge in [-0.3, -0.25) is 0 Å². The van der Waals surface area contributed by atoms with Crippen molar-refractivity contribution in [1.82, 2.24) is 5.16 Å². The summed E-state index contributed by atoms with van der Waals surface area (Å²) < 4.78 is 16.3. The molecule has 0 bridgehead atoms. The molecule has 0 saturated carbocycles. The minimum absolute atomic E-state index is 0.0301. The summed E-state index contributed by atoms with van der Waals surface area (Å²) in [5, 5.41) is 4.13. The molecule has 3 aromatic rings. The number of methoxy groups -OCH3 is 1. The van der Waals surface area contributed by atoms with Gasteiger partial charge in [0, 0.05) is 11.6 Å². The molecule has 2 aromatic carbocycles. The predicted octanol–water partition coefficient (Wildman–Crippen LogP) is 4.16. The van der Waals surface area contributed by atoms with Crippen molar-refractivity contribution in [3.8, 4) is 17.0 Å². The van der Waals surface area contributed by atoms with Gasteiger partial charge in [0.1, 0.15) is 23.7 Å². The van der Waals surface area contributed by atoms with Crippen molar-refractivity contribution in [3.63, 3.8) is 0 Å². The lowest BCUT2D eigenvalue weighted by Gasteiger charge is -1.99. The lowest BCUT2D eigenvalue weighted by atomic mass is 10.1. The van der Waals surface area contributed by atoms with Crippen LogP contribution in [0.15, 0.2) is 65.2 Å². The van der Waals surface area contributed by atoms with E-state index in [4.69, 9.17) is 14.0 Å². The van der Waals surface area contributed by atoms with Crippen molar-refractivity contribution in [1.29, 1.82) is 0 Å². The van der Waals surface area contributed by atoms with Crippen molar-refractivity contribution >= 4 is 0 Å². The van der Waals surface area contributed by atoms with E-state index < -0.39 is 0 Å². The Morgan fingerprint density at radius 2 is 1.73 bits per heavy atom. The van der Waals surface area contributed by atoms with Crippen LogP contribution in [0.4, 0.5) is 0 Å². The van der Waals surface area contributed by atoms with E-state index in [1.807, 2.05) is 60.7 Å². The molecular formula is C18H15NO3. The first-order valence-electron chi connectivity index (χ1n) is 7.16. The van der Waals surface area contributed by atoms with Crippen LogP contribution < -0.4 is 4.74 Å². The molecule has 4 heteroatoms. The normalized spacial score (nSPS) is 19.9. The number of epoxide rings is 1. The molecule has 2 unspecified atom stereocenters. The van der Waals surface area contributed by atoms with Gasteiger partial charge in [-0.25, -0.2) is 0 Å². The maximum atomic E-state index is 5.74. The number of rotatable bonds is 4. The van der Waals surface area contributed by atoms with Crippen molar-refractivity contribution in [2.24, 2.45) is 0 Å². The number of ether oxygens (including phenoxy) is 2. The zero-order chi connectivity index (χ0) is 14.9. The monoisotopic (exact) mass is 293 g/mol. The van der Waals surface area contributed by atoms with Gasteiger partial charge in [-0.15, -0.1) is 0 Å². The lowest BCUT2D eigenvalue weighted by molar-refractivity contribution is 0.318. The molecule has 0 radical (unpaired) electrons. The Kier molecular flexibility index (Phi) is 3.16. The largest absolute Gasteiger partial charge is 0.497 e. The summed E-state index contributed by atoms with van der Waals surface area (Å²) in [6.07, 6.45) is -0.0270. The van der Waals surface area contributed by atoms with Gasteiger partial charge in [-0.2, -0.15) is 0 Å². The van der Waals surface area contributed by atoms with Crippen LogP contribution in [-0.2, 0) is 4.74 Å². The van der Waals surface area contributed by atoms with Crippen molar-refractivity contribution < 1.29 is 14.0 Å². The molecule has 0 N–H and O–H groups in total. The molecule has 1 fully saturated rings. The first-order chi connectivity index (χ1) is 10.8. The summed E-state index contributed by atoms with van der Waals surface area (Å²) in [7, 11) is 1.66. The third-order valence-electron chi connectivity index (χ3n) is 3.81. The van der Waals surface area contributed by atoms with Crippen molar-refractivity contribution in [3.05, 3.63) is 72.0 Å². The van der Waals surface area contributed by atoms with Crippen LogP contribution in [0.3, 0.4) is 0 Å². The van der Waals surface area contributed by atoms with Crippen LogP contribution in [0, 0.1) is 0 Å². The quantitative estimate of drug-likeness (QED) is 0.678. The highest BCUT2D eigenvalue weighted by molar-refractivity contribution is 5.58. The predicted molar refractivity (Wildman–Crippen MR) is 81.5 cm³/mol. The van der Waals surface area contributed by atoms with Crippen LogP contribution >= 0.6 is 0 Å². The smallest absolute Gasteiger partial charge is 0.169 e. The molecular weight excluding hydrogens is 278 g/mol. The lowest BCUT2D eigenvalue weighted by Crippen LogP contribution is -1.85. The Morgan fingerprint density at radius 1 is 0.955 bits per heavy atom. The molecule has 2 atom stereocenters. The minimum atomic E-state index is -0.0571. The van der Waals surface area contributed by atoms with Gasteiger partial charge in [0.2, 0.25) is 0 Å². The highest BCUT2D eigenvalue weighted by atomic mass is 16.6. The Hall–Kier alpha value is -2.59. The average molecular weight is 293 g/mol. The molecule has 110 valence electrons. The number of nitrogens with zero attached hydrogens (tertiary/aromatic N) is 1. The second-order valence-electron chi connectivity index (χ2n) is 5.23. The molecule has 1 saturated heterocycles. The maximum absolute atomic E-state index is 5.74. The van der Waals surface area contributed by atoms with E-state index in [9.17, 15) is 0 Å². The second-order valence-corrected chi connectivity index (χ2v) is 5.23. The van der Waals surface area contributed by atoms with E-state index in [1.165, 1.54) is 0 Å². The topological polar surface area (TPSA) is 47.8 Å². The fraction of sp³-hybridized carbons (Fsp3) is 0.167. The van der Waals surface area contributed by atoms with Gasteiger partial charge in [0.25, 0.3) is 0 Å². The SMILES string of the molecule is COc1ccc(C2OC2c2cc(-c3ccccc3)no2)cc1. The number of hydrogen-bond donors (Lipinski definition) is 0. The molecule has 22 heavy (non-hydrogen) atoms. The summed E-state index contributed by atoms with van der Waals surface area (Å²) in [4.78, 5) is 0. The van der Waals surface area contributed by atoms with E-state index in [0.29, 0.717) is 0 Å². The molecule has 4 nitrogen and oxygen atoms in total. The standard InChI is InChI=1S/C18H15NO3/c1-20-14-9-7-13(8-10-14)17-18(21-17)16-11-15(19-22-16)12-5-3-2-4-6-12/h2-11,17-18H,1H3. The maximum Gasteiger partial charge on any atom is 0.169 e. The van der Waals surface area contributed by atoms with Gasteiger partial charge < -0.3 is 14.0 Å². The van der Waals surface area contributed by atoms with E-state index in [-0.39, 0.29) is 12.2 Å². The van der Waals surface area contributed by atoms with Gasteiger partial charge in [-0.1, -0.05) is 47.6 Å². The van der Waals surface area contributed by atoms with E-state index in [0.717, 1.165) is 28.3 Å². The van der Waals surface area contributed by atoms with E-state index >= 15 is 0 Å². The third kappa shape index (κ3) is 2.38. The van der Waals surface area contributed by atoms with Gasteiger partial charge in [-0.05, 0) is 17.7 Å². The van der Waals surface area contributed by atoms with Crippen LogP contribution in [-0.4, -0.2) is 12.3 Å². The zero-order valence-corrected chi connectivity index (χ0v) is 12.1. The summed E-state index contributed by atoms with van der Waals surface area (Å²) in [6, 6.07) is 19.8. The van der Waals surface area contributed by atoms with Crippen LogP contribution in [0.5, 0.6) is 5.75 Å². The average Bonchev–Trinajstić information content (AvgIpc) is 3.24. The summed E-state index contributed by atoms with van der Waals surface area (Å²) in [5.41, 5.74) is 2.99. The number of aromatic nitrogens is 1. The van der Waals surface area contributed by atoms with Gasteiger partial charge in [0.15, 0.2) is 5.76 Å². The molecule has 1 aliphatic heterocycles. The first-order valence-corrected chi connectivity index (χ1v) is 7.16. The summed E-state index contributed by atoms with van der Waals surface area (Å²) in [5.74, 6) is 1.60. The molecule has 2 heterocycles. The molecule has 4 rings (SSSR count). The van der Waals surface area contributed by atoms with Crippen LogP contribution in [0.1, 0.15) is 23.5 Å². The molecule has 1 aromatic heterocycles. The van der Waals surface area contributed by atoms with Crippen molar-refractivity contribution in [2.75, 3.05) is 7.11 Å². The molecule has 0 amide bonds. The number of benzene rings is 2.